The Morgan fingerprint density at radius 2 is 1.77 bits per heavy atom. The summed E-state index contributed by atoms with van der Waals surface area (Å²) >= 11 is 0. The predicted molar refractivity (Wildman–Crippen MR) is 150 cm³/mol. The van der Waals surface area contributed by atoms with Gasteiger partial charge in [-0.25, -0.2) is 10.4 Å². The Bertz CT molecular complexity index is 1460. The minimum atomic E-state index is -4.79. The van der Waals surface area contributed by atoms with Gasteiger partial charge >= 0.3 is 6.36 Å². The van der Waals surface area contributed by atoms with Crippen LogP contribution in [0.1, 0.15) is 28.7 Å². The minimum absolute atomic E-state index is 0.0247. The van der Waals surface area contributed by atoms with E-state index in [9.17, 15) is 18.0 Å². The molecule has 0 unspecified atom stereocenters. The molecule has 1 amide bonds. The SMILES string of the molecule is [N-]=[N+]=NCc1ccccc1C[C@@]1(C(=O)NNCc2ccc(OC(F)(F)F)cc2)COC(c2ccc(OCCCO)cc2)=N1. The highest BCUT2D eigenvalue weighted by Crippen LogP contribution is 2.29. The summed E-state index contributed by atoms with van der Waals surface area (Å²) in [6.45, 7) is 0.508. The van der Waals surface area contributed by atoms with Gasteiger partial charge in [0.1, 0.15) is 18.1 Å². The van der Waals surface area contributed by atoms with Gasteiger partial charge in [0.25, 0.3) is 5.91 Å². The number of ether oxygens (including phenoxy) is 3. The number of hydrogen-bond donors (Lipinski definition) is 3. The second-order valence-electron chi connectivity index (χ2n) is 9.52. The first-order valence-electron chi connectivity index (χ1n) is 13.2. The fraction of sp³-hybridized carbons (Fsp3) is 0.310. The lowest BCUT2D eigenvalue weighted by molar-refractivity contribution is -0.274. The lowest BCUT2D eigenvalue weighted by Crippen LogP contribution is -2.52. The second kappa shape index (κ2) is 14.4. The molecule has 0 aliphatic carbocycles. The lowest BCUT2D eigenvalue weighted by atomic mass is 9.89. The van der Waals surface area contributed by atoms with Crippen LogP contribution in [0.2, 0.25) is 0 Å². The van der Waals surface area contributed by atoms with Crippen LogP contribution in [-0.2, 0) is 29.0 Å². The van der Waals surface area contributed by atoms with E-state index in [2.05, 4.69) is 25.6 Å². The second-order valence-corrected chi connectivity index (χ2v) is 9.52. The summed E-state index contributed by atoms with van der Waals surface area (Å²) in [5, 5.41) is 12.6. The molecule has 1 heterocycles. The maximum Gasteiger partial charge on any atom is 0.573 e. The molecule has 4 rings (SSSR count). The summed E-state index contributed by atoms with van der Waals surface area (Å²) < 4.78 is 52.7. The van der Waals surface area contributed by atoms with Crippen LogP contribution in [0.15, 0.2) is 82.9 Å². The van der Waals surface area contributed by atoms with E-state index in [0.29, 0.717) is 29.9 Å². The Hall–Kier alpha value is -4.78. The summed E-state index contributed by atoms with van der Waals surface area (Å²) in [7, 11) is 0. The van der Waals surface area contributed by atoms with E-state index in [4.69, 9.17) is 25.1 Å². The van der Waals surface area contributed by atoms with E-state index >= 15 is 0 Å². The molecule has 14 heteroatoms. The summed E-state index contributed by atoms with van der Waals surface area (Å²) in [5.74, 6) is 0.00856. The molecule has 1 atom stereocenters. The normalized spacial score (nSPS) is 16.0. The number of hydrogen-bond acceptors (Lipinski definition) is 8. The average molecular weight is 599 g/mol. The molecule has 43 heavy (non-hydrogen) atoms. The van der Waals surface area contributed by atoms with Gasteiger partial charge in [-0.05, 0) is 58.6 Å². The van der Waals surface area contributed by atoms with E-state index in [0.717, 1.165) is 11.1 Å². The molecule has 0 saturated heterocycles. The van der Waals surface area contributed by atoms with E-state index < -0.39 is 17.8 Å². The summed E-state index contributed by atoms with van der Waals surface area (Å²) in [6, 6.07) is 19.4. The number of rotatable bonds is 14. The smallest absolute Gasteiger partial charge is 0.494 e. The molecular formula is C29H29F3N6O5. The van der Waals surface area contributed by atoms with Crippen molar-refractivity contribution in [2.75, 3.05) is 19.8 Å². The van der Waals surface area contributed by atoms with Crippen molar-refractivity contribution in [1.29, 1.82) is 0 Å². The van der Waals surface area contributed by atoms with Crippen LogP contribution in [-0.4, -0.2) is 48.6 Å². The van der Waals surface area contributed by atoms with Crippen LogP contribution in [0.4, 0.5) is 13.2 Å². The molecule has 1 aliphatic rings. The first-order chi connectivity index (χ1) is 20.7. The van der Waals surface area contributed by atoms with Crippen LogP contribution in [0.25, 0.3) is 10.4 Å². The van der Waals surface area contributed by atoms with Crippen molar-refractivity contribution in [2.45, 2.75) is 37.8 Å². The zero-order valence-corrected chi connectivity index (χ0v) is 22.9. The number of azide groups is 1. The molecule has 226 valence electrons. The number of carbonyl (C=O) groups excluding carboxylic acids is 1. The topological polar surface area (TPSA) is 150 Å². The van der Waals surface area contributed by atoms with E-state index in [1.165, 1.54) is 24.3 Å². The maximum absolute atomic E-state index is 13.6. The van der Waals surface area contributed by atoms with Gasteiger partial charge in [-0.1, -0.05) is 41.5 Å². The molecule has 0 bridgehead atoms. The molecule has 0 saturated carbocycles. The number of nitrogens with zero attached hydrogens (tertiary/aromatic N) is 4. The number of aliphatic hydroxyl groups excluding tert-OH is 1. The fourth-order valence-corrected chi connectivity index (χ4v) is 4.29. The first kappa shape index (κ1) is 31.2. The van der Waals surface area contributed by atoms with Crippen molar-refractivity contribution < 1.29 is 37.3 Å². The number of aliphatic hydroxyl groups is 1. The molecule has 3 aromatic carbocycles. The van der Waals surface area contributed by atoms with Crippen LogP contribution < -0.4 is 20.3 Å². The zero-order chi connectivity index (χ0) is 30.7. The molecule has 11 nitrogen and oxygen atoms in total. The van der Waals surface area contributed by atoms with E-state index in [-0.39, 0.29) is 44.4 Å². The van der Waals surface area contributed by atoms with Crippen LogP contribution in [0.3, 0.4) is 0 Å². The highest BCUT2D eigenvalue weighted by atomic mass is 19.4. The molecule has 0 spiro atoms. The maximum atomic E-state index is 13.6. The minimum Gasteiger partial charge on any atom is -0.494 e. The molecule has 3 N–H and O–H groups in total. The highest BCUT2D eigenvalue weighted by molar-refractivity contribution is 6.00. The molecule has 1 aliphatic heterocycles. The number of hydrazine groups is 1. The summed E-state index contributed by atoms with van der Waals surface area (Å²) in [4.78, 5) is 21.2. The van der Waals surface area contributed by atoms with Crippen LogP contribution in [0.5, 0.6) is 11.5 Å². The summed E-state index contributed by atoms with van der Waals surface area (Å²) in [6.07, 6.45) is -4.16. The number of halogens is 3. The number of aliphatic imine (C=N–C) groups is 1. The van der Waals surface area contributed by atoms with Crippen molar-refractivity contribution >= 4 is 11.8 Å². The average Bonchev–Trinajstić information content (AvgIpc) is 3.42. The number of carbonyl (C=O) groups is 1. The van der Waals surface area contributed by atoms with E-state index in [1.807, 2.05) is 6.07 Å². The molecule has 0 fully saturated rings. The molecule has 3 aromatic rings. The number of nitrogens with one attached hydrogen (secondary N) is 2. The van der Waals surface area contributed by atoms with Gasteiger partial charge in [-0.3, -0.25) is 10.2 Å². The van der Waals surface area contributed by atoms with Gasteiger partial charge < -0.3 is 19.3 Å². The van der Waals surface area contributed by atoms with Crippen molar-refractivity contribution in [2.24, 2.45) is 10.1 Å². The third kappa shape index (κ3) is 8.85. The zero-order valence-electron chi connectivity index (χ0n) is 22.9. The Kier molecular flexibility index (Phi) is 10.4. The van der Waals surface area contributed by atoms with Gasteiger partial charge in [0.2, 0.25) is 5.90 Å². The highest BCUT2D eigenvalue weighted by Gasteiger charge is 2.45. The Morgan fingerprint density at radius 3 is 2.44 bits per heavy atom. The Morgan fingerprint density at radius 1 is 1.07 bits per heavy atom. The van der Waals surface area contributed by atoms with Crippen molar-refractivity contribution in [1.82, 2.24) is 10.9 Å². The first-order valence-corrected chi connectivity index (χ1v) is 13.2. The van der Waals surface area contributed by atoms with Crippen molar-refractivity contribution in [3.05, 3.63) is 105 Å². The molecular weight excluding hydrogens is 569 g/mol. The third-order valence-electron chi connectivity index (χ3n) is 6.42. The number of alkyl halides is 3. The standard InChI is InChI=1S/C29H29F3N6O5/c30-29(31,32)43-25-10-6-20(7-11-25)17-34-37-27(40)28(16-22-4-1-2-5-23(22)18-35-38-33)19-42-26(36-28)21-8-12-24(13-9-21)41-15-3-14-39/h1-2,4-13,34,39H,3,14-19H2,(H,37,40)/t28-/m0/s1. The number of benzene rings is 3. The Labute approximate surface area is 244 Å². The number of amides is 1. The van der Waals surface area contributed by atoms with Crippen LogP contribution in [0, 0.1) is 0 Å². The lowest BCUT2D eigenvalue weighted by Gasteiger charge is -2.24. The Balaban J connectivity index is 1.52. The largest absolute Gasteiger partial charge is 0.573 e. The fourth-order valence-electron chi connectivity index (χ4n) is 4.29. The summed E-state index contributed by atoms with van der Waals surface area (Å²) in [5.41, 5.74) is 15.6. The quantitative estimate of drug-likeness (QED) is 0.0803. The monoisotopic (exact) mass is 598 g/mol. The molecule has 0 aromatic heterocycles. The predicted octanol–water partition coefficient (Wildman–Crippen LogP) is 4.74. The van der Waals surface area contributed by atoms with Gasteiger partial charge in [0.05, 0.1) is 13.2 Å². The van der Waals surface area contributed by atoms with E-state index in [1.54, 1.807) is 42.5 Å². The van der Waals surface area contributed by atoms with Gasteiger partial charge in [-0.15, -0.1) is 13.2 Å². The van der Waals surface area contributed by atoms with Crippen molar-refractivity contribution in [3.8, 4) is 11.5 Å². The van der Waals surface area contributed by atoms with Crippen LogP contribution >= 0.6 is 0 Å². The van der Waals surface area contributed by atoms with Crippen molar-refractivity contribution in [3.63, 3.8) is 0 Å². The van der Waals surface area contributed by atoms with Gasteiger partial charge in [-0.2, -0.15) is 0 Å². The molecule has 0 radical (unpaired) electrons. The third-order valence-corrected chi connectivity index (χ3v) is 6.42. The van der Waals surface area contributed by atoms with Gasteiger partial charge in [0.15, 0.2) is 5.54 Å². The van der Waals surface area contributed by atoms with Gasteiger partial charge in [0, 0.05) is 36.5 Å².